The van der Waals surface area contributed by atoms with E-state index in [-0.39, 0.29) is 6.04 Å². The predicted molar refractivity (Wildman–Crippen MR) is 114 cm³/mol. The number of hydrogen-bond donors (Lipinski definition) is 2. The van der Waals surface area contributed by atoms with Gasteiger partial charge in [0.2, 0.25) is 6.35 Å². The van der Waals surface area contributed by atoms with E-state index in [4.69, 9.17) is 4.98 Å². The molecule has 3 aromatic rings. The Bertz CT molecular complexity index is 1110. The summed E-state index contributed by atoms with van der Waals surface area (Å²) in [6.45, 7) is 1.61. The van der Waals surface area contributed by atoms with Crippen LogP contribution in [0.25, 0.3) is 11.3 Å². The Morgan fingerprint density at radius 3 is 2.75 bits per heavy atom. The van der Waals surface area contributed by atoms with Crippen LogP contribution in [0.1, 0.15) is 18.5 Å². The Hall–Kier alpha value is -3.40. The van der Waals surface area contributed by atoms with Gasteiger partial charge in [-0.2, -0.15) is 13.2 Å². The molecule has 1 saturated heterocycles. The SMILES string of the molecule is OC(Nc1ccccn1)N1c2nc(-c3ccnc(C(F)(F)F)c3)ccc2N2CCC[C@H]1C2. The molecule has 2 aliphatic heterocycles. The highest BCUT2D eigenvalue weighted by atomic mass is 19.4. The molecule has 0 amide bonds. The van der Waals surface area contributed by atoms with Crippen LogP contribution in [-0.4, -0.2) is 45.5 Å². The van der Waals surface area contributed by atoms with E-state index < -0.39 is 18.2 Å². The average molecular weight is 442 g/mol. The summed E-state index contributed by atoms with van der Waals surface area (Å²) in [5.41, 5.74) is 0.571. The number of anilines is 3. The Kier molecular flexibility index (Phi) is 5.09. The first-order chi connectivity index (χ1) is 15.4. The summed E-state index contributed by atoms with van der Waals surface area (Å²) in [6, 6.07) is 11.4. The summed E-state index contributed by atoms with van der Waals surface area (Å²) in [5.74, 6) is 1.04. The third-order valence-electron chi connectivity index (χ3n) is 5.78. The first-order valence-corrected chi connectivity index (χ1v) is 10.3. The van der Waals surface area contributed by atoms with Gasteiger partial charge >= 0.3 is 6.18 Å². The molecule has 0 aromatic carbocycles. The van der Waals surface area contributed by atoms with Gasteiger partial charge in [0.05, 0.1) is 17.4 Å². The average Bonchev–Trinajstić information content (AvgIpc) is 2.79. The molecular formula is C22H21F3N6O. The minimum atomic E-state index is -4.54. The van der Waals surface area contributed by atoms with E-state index in [1.165, 1.54) is 6.07 Å². The van der Waals surface area contributed by atoms with Crippen molar-refractivity contribution >= 4 is 17.3 Å². The largest absolute Gasteiger partial charge is 0.433 e. The maximum atomic E-state index is 13.1. The van der Waals surface area contributed by atoms with E-state index in [9.17, 15) is 18.3 Å². The zero-order valence-electron chi connectivity index (χ0n) is 17.0. The van der Waals surface area contributed by atoms with Crippen molar-refractivity contribution in [3.8, 4) is 11.3 Å². The Labute approximate surface area is 182 Å². The van der Waals surface area contributed by atoms with Crippen LogP contribution in [0.15, 0.2) is 54.9 Å². The molecule has 1 fully saturated rings. The molecular weight excluding hydrogens is 421 g/mol. The lowest BCUT2D eigenvalue weighted by Gasteiger charge is -2.48. The van der Waals surface area contributed by atoms with Crippen molar-refractivity contribution < 1.29 is 18.3 Å². The highest BCUT2D eigenvalue weighted by molar-refractivity contribution is 5.75. The summed E-state index contributed by atoms with van der Waals surface area (Å²) in [6.07, 6.45) is -1.04. The zero-order valence-corrected chi connectivity index (χ0v) is 17.0. The van der Waals surface area contributed by atoms with Crippen LogP contribution in [0.4, 0.5) is 30.5 Å². The molecule has 2 N–H and O–H groups in total. The van der Waals surface area contributed by atoms with Crippen LogP contribution < -0.4 is 15.1 Å². The number of pyridine rings is 3. The van der Waals surface area contributed by atoms with E-state index in [0.29, 0.717) is 22.9 Å². The summed E-state index contributed by atoms with van der Waals surface area (Å²) in [5, 5.41) is 14.1. The van der Waals surface area contributed by atoms with Crippen LogP contribution in [0.2, 0.25) is 0 Å². The van der Waals surface area contributed by atoms with E-state index in [2.05, 4.69) is 20.2 Å². The van der Waals surface area contributed by atoms with E-state index >= 15 is 0 Å². The molecule has 0 aliphatic carbocycles. The monoisotopic (exact) mass is 442 g/mol. The molecule has 32 heavy (non-hydrogen) atoms. The molecule has 2 aliphatic rings. The lowest BCUT2D eigenvalue weighted by Crippen LogP contribution is -2.58. The fourth-order valence-electron chi connectivity index (χ4n) is 4.32. The highest BCUT2D eigenvalue weighted by Crippen LogP contribution is 2.40. The number of aliphatic hydroxyl groups is 1. The zero-order chi connectivity index (χ0) is 22.3. The van der Waals surface area contributed by atoms with Gasteiger partial charge in [0, 0.05) is 31.0 Å². The molecule has 166 valence electrons. The number of fused-ring (bicyclic) bond motifs is 4. The summed E-state index contributed by atoms with van der Waals surface area (Å²) in [4.78, 5) is 16.3. The van der Waals surface area contributed by atoms with Crippen LogP contribution in [0.3, 0.4) is 0 Å². The van der Waals surface area contributed by atoms with Gasteiger partial charge in [-0.1, -0.05) is 6.07 Å². The van der Waals surface area contributed by atoms with Crippen LogP contribution in [-0.2, 0) is 6.18 Å². The van der Waals surface area contributed by atoms with Gasteiger partial charge in [-0.15, -0.1) is 0 Å². The number of halogens is 3. The molecule has 5 rings (SSSR count). The number of aromatic nitrogens is 3. The lowest BCUT2D eigenvalue weighted by atomic mass is 9.99. The first kappa shape index (κ1) is 20.5. The molecule has 7 nitrogen and oxygen atoms in total. The molecule has 2 bridgehead atoms. The van der Waals surface area contributed by atoms with Crippen molar-refractivity contribution in [3.05, 3.63) is 60.6 Å². The van der Waals surface area contributed by atoms with Gasteiger partial charge in [-0.05, 0) is 49.2 Å². The van der Waals surface area contributed by atoms with Crippen molar-refractivity contribution in [2.45, 2.75) is 31.4 Å². The lowest BCUT2D eigenvalue weighted by molar-refractivity contribution is -0.141. The second-order valence-electron chi connectivity index (χ2n) is 7.85. The van der Waals surface area contributed by atoms with Crippen LogP contribution >= 0.6 is 0 Å². The maximum absolute atomic E-state index is 13.1. The van der Waals surface area contributed by atoms with Gasteiger partial charge in [-0.25, -0.2) is 9.97 Å². The van der Waals surface area contributed by atoms with Crippen molar-refractivity contribution in [3.63, 3.8) is 0 Å². The van der Waals surface area contributed by atoms with Gasteiger partial charge in [0.1, 0.15) is 11.5 Å². The molecule has 0 saturated carbocycles. The van der Waals surface area contributed by atoms with Gasteiger partial charge < -0.3 is 20.2 Å². The second-order valence-corrected chi connectivity index (χ2v) is 7.85. The summed E-state index contributed by atoms with van der Waals surface area (Å²) >= 11 is 0. The van der Waals surface area contributed by atoms with Crippen molar-refractivity contribution in [2.24, 2.45) is 0 Å². The van der Waals surface area contributed by atoms with Crippen molar-refractivity contribution in [1.82, 2.24) is 15.0 Å². The number of rotatable bonds is 4. The molecule has 0 radical (unpaired) electrons. The van der Waals surface area contributed by atoms with E-state index in [0.717, 1.165) is 43.9 Å². The number of nitrogens with one attached hydrogen (secondary N) is 1. The van der Waals surface area contributed by atoms with Gasteiger partial charge in [0.15, 0.2) is 5.82 Å². The maximum Gasteiger partial charge on any atom is 0.433 e. The third-order valence-corrected chi connectivity index (χ3v) is 5.78. The minimum Gasteiger partial charge on any atom is -0.366 e. The Balaban J connectivity index is 1.54. The number of piperidine rings is 1. The van der Waals surface area contributed by atoms with Gasteiger partial charge in [0.25, 0.3) is 0 Å². The van der Waals surface area contributed by atoms with Crippen LogP contribution in [0.5, 0.6) is 0 Å². The quantitative estimate of drug-likeness (QED) is 0.596. The number of hydrogen-bond acceptors (Lipinski definition) is 7. The van der Waals surface area contributed by atoms with Crippen molar-refractivity contribution in [2.75, 3.05) is 28.2 Å². The van der Waals surface area contributed by atoms with Gasteiger partial charge in [-0.3, -0.25) is 4.98 Å². The number of nitrogens with zero attached hydrogens (tertiary/aromatic N) is 5. The molecule has 5 heterocycles. The van der Waals surface area contributed by atoms with E-state index in [1.807, 2.05) is 12.1 Å². The topological polar surface area (TPSA) is 77.4 Å². The van der Waals surface area contributed by atoms with Crippen LogP contribution in [0, 0.1) is 0 Å². The first-order valence-electron chi connectivity index (χ1n) is 10.3. The Morgan fingerprint density at radius 1 is 1.09 bits per heavy atom. The standard InChI is InChI=1S/C22H21F3N6O/c23-22(24,25)18-12-14(8-10-26-18)16-6-7-17-20(28-16)31(15-4-3-11-30(17)13-15)21(32)29-19-5-1-2-9-27-19/h1-2,5-10,12,15,21,32H,3-4,11,13H2,(H,27,29)/t15-,21?/m0/s1. The fourth-order valence-corrected chi connectivity index (χ4v) is 4.32. The smallest absolute Gasteiger partial charge is 0.366 e. The second kappa shape index (κ2) is 7.94. The summed E-state index contributed by atoms with van der Waals surface area (Å²) in [7, 11) is 0. The highest BCUT2D eigenvalue weighted by Gasteiger charge is 2.38. The molecule has 10 heteroatoms. The third kappa shape index (κ3) is 3.81. The molecule has 0 spiro atoms. The Morgan fingerprint density at radius 2 is 1.97 bits per heavy atom. The van der Waals surface area contributed by atoms with Crippen molar-refractivity contribution in [1.29, 1.82) is 0 Å². The predicted octanol–water partition coefficient (Wildman–Crippen LogP) is 3.73. The normalized spacial score (nSPS) is 18.8. The molecule has 3 aromatic heterocycles. The summed E-state index contributed by atoms with van der Waals surface area (Å²) < 4.78 is 39.4. The molecule has 1 unspecified atom stereocenters. The number of alkyl halides is 3. The fraction of sp³-hybridized carbons (Fsp3) is 0.318. The minimum absolute atomic E-state index is 0.00777. The number of aliphatic hydroxyl groups excluding tert-OH is 1. The molecule has 2 atom stereocenters. The van der Waals surface area contributed by atoms with E-state index in [1.54, 1.807) is 29.3 Å².